The number of hydrogen-bond donors (Lipinski definition) is 1. The van der Waals surface area contributed by atoms with Crippen LogP contribution in [0.2, 0.25) is 5.02 Å². The van der Waals surface area contributed by atoms with Crippen LogP contribution in [0.1, 0.15) is 45.5 Å². The number of methoxy groups -OCH3 is 2. The summed E-state index contributed by atoms with van der Waals surface area (Å²) in [5.74, 6) is 2.08. The molecule has 8 heteroatoms. The van der Waals surface area contributed by atoms with Gasteiger partial charge in [-0.2, -0.15) is 0 Å². The van der Waals surface area contributed by atoms with E-state index in [2.05, 4.69) is 10.3 Å². The second-order valence-corrected chi connectivity index (χ2v) is 8.23. The van der Waals surface area contributed by atoms with Gasteiger partial charge in [-0.1, -0.05) is 11.6 Å². The first-order valence-corrected chi connectivity index (χ1v) is 10.1. The number of ether oxygens (including phenoxy) is 2. The lowest BCUT2D eigenvalue weighted by Gasteiger charge is -2.13. The van der Waals surface area contributed by atoms with Crippen molar-refractivity contribution in [2.24, 2.45) is 0 Å². The summed E-state index contributed by atoms with van der Waals surface area (Å²) in [6.07, 6.45) is 2.28. The van der Waals surface area contributed by atoms with E-state index in [1.807, 2.05) is 13.8 Å². The number of nitrogens with zero attached hydrogens (tertiary/aromatic N) is 2. The van der Waals surface area contributed by atoms with Crippen molar-refractivity contribution in [1.29, 1.82) is 0 Å². The lowest BCUT2D eigenvalue weighted by Crippen LogP contribution is -2.12. The summed E-state index contributed by atoms with van der Waals surface area (Å²) < 4.78 is 10.6. The van der Waals surface area contributed by atoms with Crippen LogP contribution in [-0.2, 0) is 0 Å². The predicted octanol–water partition coefficient (Wildman–Crippen LogP) is 5.11. The van der Waals surface area contributed by atoms with Crippen LogP contribution in [0.3, 0.4) is 0 Å². The summed E-state index contributed by atoms with van der Waals surface area (Å²) in [6.45, 7) is 3.91. The van der Waals surface area contributed by atoms with Crippen molar-refractivity contribution in [3.8, 4) is 11.5 Å². The number of fused-ring (bicyclic) bond motifs is 1. The third kappa shape index (κ3) is 3.29. The average molecular weight is 418 g/mol. The van der Waals surface area contributed by atoms with Crippen molar-refractivity contribution >= 4 is 44.7 Å². The SMILES string of the molecule is COc1cc(OC)c(NC(=O)c2sc3nc(C4CC4)nc(C)c3c2C)cc1Cl. The molecule has 1 aliphatic carbocycles. The fourth-order valence-corrected chi connectivity index (χ4v) is 4.61. The fourth-order valence-electron chi connectivity index (χ4n) is 3.24. The number of rotatable bonds is 5. The Bertz CT molecular complexity index is 1090. The van der Waals surface area contributed by atoms with Gasteiger partial charge in [0.05, 0.1) is 35.5 Å². The van der Waals surface area contributed by atoms with Gasteiger partial charge in [0.2, 0.25) is 0 Å². The van der Waals surface area contributed by atoms with E-state index in [1.54, 1.807) is 12.1 Å². The van der Waals surface area contributed by atoms with Crippen LogP contribution in [-0.4, -0.2) is 30.1 Å². The summed E-state index contributed by atoms with van der Waals surface area (Å²) in [4.78, 5) is 23.8. The number of hydrogen-bond acceptors (Lipinski definition) is 6. The molecule has 0 radical (unpaired) electrons. The van der Waals surface area contributed by atoms with Gasteiger partial charge in [0.25, 0.3) is 5.91 Å². The Balaban J connectivity index is 1.71. The topological polar surface area (TPSA) is 73.3 Å². The maximum Gasteiger partial charge on any atom is 0.266 e. The standard InChI is InChI=1S/C20H20ClN3O3S/c1-9-16-10(2)22-18(11-5-6-11)24-20(16)28-17(9)19(25)23-13-7-12(21)14(26-3)8-15(13)27-4/h7-8,11H,5-6H2,1-4H3,(H,23,25). The van der Waals surface area contributed by atoms with E-state index in [9.17, 15) is 4.79 Å². The largest absolute Gasteiger partial charge is 0.495 e. The van der Waals surface area contributed by atoms with E-state index in [-0.39, 0.29) is 5.91 Å². The quantitative estimate of drug-likeness (QED) is 0.624. The molecule has 2 aromatic heterocycles. The highest BCUT2D eigenvalue weighted by atomic mass is 35.5. The molecule has 0 aliphatic heterocycles. The Labute approximate surface area is 171 Å². The molecule has 146 valence electrons. The fraction of sp³-hybridized carbons (Fsp3) is 0.350. The number of nitrogens with one attached hydrogen (secondary N) is 1. The van der Waals surface area contributed by atoms with Crippen molar-refractivity contribution in [1.82, 2.24) is 9.97 Å². The predicted molar refractivity (Wildman–Crippen MR) is 111 cm³/mol. The van der Waals surface area contributed by atoms with E-state index >= 15 is 0 Å². The number of carbonyl (C=O) groups is 1. The van der Waals surface area contributed by atoms with Crippen molar-refractivity contribution in [2.75, 3.05) is 19.5 Å². The molecule has 0 bridgehead atoms. The molecule has 6 nitrogen and oxygen atoms in total. The molecule has 0 saturated heterocycles. The monoisotopic (exact) mass is 417 g/mol. The molecular weight excluding hydrogens is 398 g/mol. The summed E-state index contributed by atoms with van der Waals surface area (Å²) in [5.41, 5.74) is 2.29. The number of carbonyl (C=O) groups excluding carboxylic acids is 1. The Morgan fingerprint density at radius 2 is 1.89 bits per heavy atom. The number of anilines is 1. The highest BCUT2D eigenvalue weighted by Gasteiger charge is 2.28. The van der Waals surface area contributed by atoms with Crippen LogP contribution in [0, 0.1) is 13.8 Å². The Kier molecular flexibility index (Phi) is 4.89. The molecule has 0 spiro atoms. The van der Waals surface area contributed by atoms with Crippen molar-refractivity contribution in [3.63, 3.8) is 0 Å². The van der Waals surface area contributed by atoms with Crippen LogP contribution in [0.5, 0.6) is 11.5 Å². The van der Waals surface area contributed by atoms with E-state index in [0.717, 1.165) is 40.1 Å². The van der Waals surface area contributed by atoms with Crippen LogP contribution in [0.4, 0.5) is 5.69 Å². The number of aryl methyl sites for hydroxylation is 2. The van der Waals surface area contributed by atoms with Gasteiger partial charge >= 0.3 is 0 Å². The van der Waals surface area contributed by atoms with E-state index < -0.39 is 0 Å². The van der Waals surface area contributed by atoms with Gasteiger partial charge in [-0.3, -0.25) is 4.79 Å². The van der Waals surface area contributed by atoms with Crippen LogP contribution < -0.4 is 14.8 Å². The second-order valence-electron chi connectivity index (χ2n) is 6.82. The van der Waals surface area contributed by atoms with Crippen molar-refractivity contribution < 1.29 is 14.3 Å². The van der Waals surface area contributed by atoms with Gasteiger partial charge in [0, 0.05) is 17.4 Å². The minimum Gasteiger partial charge on any atom is -0.495 e. The zero-order valence-electron chi connectivity index (χ0n) is 16.1. The van der Waals surface area contributed by atoms with Crippen molar-refractivity contribution in [3.05, 3.63) is 39.1 Å². The second kappa shape index (κ2) is 7.22. The van der Waals surface area contributed by atoms with Crippen LogP contribution >= 0.6 is 22.9 Å². The number of thiophene rings is 1. The molecule has 28 heavy (non-hydrogen) atoms. The zero-order chi connectivity index (χ0) is 20.0. The van der Waals surface area contributed by atoms with E-state index in [1.165, 1.54) is 25.6 Å². The van der Waals surface area contributed by atoms with Gasteiger partial charge in [0.1, 0.15) is 22.2 Å². The van der Waals surface area contributed by atoms with Crippen molar-refractivity contribution in [2.45, 2.75) is 32.6 Å². The molecule has 1 fully saturated rings. The summed E-state index contributed by atoms with van der Waals surface area (Å²) in [6, 6.07) is 3.27. The maximum atomic E-state index is 13.0. The Hall–Kier alpha value is -2.38. The van der Waals surface area contributed by atoms with E-state index in [4.69, 9.17) is 26.1 Å². The number of amides is 1. The van der Waals surface area contributed by atoms with Gasteiger partial charge in [-0.05, 0) is 38.3 Å². The molecule has 1 aliphatic rings. The molecule has 0 unspecified atom stereocenters. The number of aromatic nitrogens is 2. The molecule has 1 aromatic carbocycles. The average Bonchev–Trinajstić information content (AvgIpc) is 3.45. The molecule has 2 heterocycles. The highest BCUT2D eigenvalue weighted by molar-refractivity contribution is 7.20. The zero-order valence-corrected chi connectivity index (χ0v) is 17.6. The number of halogens is 1. The normalized spacial score (nSPS) is 13.6. The van der Waals surface area contributed by atoms with E-state index in [0.29, 0.717) is 33.0 Å². The Morgan fingerprint density at radius 1 is 1.18 bits per heavy atom. The summed E-state index contributed by atoms with van der Waals surface area (Å²) in [5, 5.41) is 4.25. The molecule has 3 aromatic rings. The first kappa shape index (κ1) is 19.0. The minimum atomic E-state index is -0.229. The Morgan fingerprint density at radius 3 is 2.54 bits per heavy atom. The first-order valence-electron chi connectivity index (χ1n) is 8.93. The third-order valence-electron chi connectivity index (χ3n) is 4.86. The van der Waals surface area contributed by atoms with Crippen LogP contribution in [0.15, 0.2) is 12.1 Å². The molecule has 4 rings (SSSR count). The molecule has 1 saturated carbocycles. The molecular formula is C20H20ClN3O3S. The smallest absolute Gasteiger partial charge is 0.266 e. The number of benzene rings is 1. The van der Waals surface area contributed by atoms with Crippen LogP contribution in [0.25, 0.3) is 10.2 Å². The highest BCUT2D eigenvalue weighted by Crippen LogP contribution is 2.41. The first-order chi connectivity index (χ1) is 13.4. The summed E-state index contributed by atoms with van der Waals surface area (Å²) >= 11 is 7.60. The summed E-state index contributed by atoms with van der Waals surface area (Å²) in [7, 11) is 3.06. The lowest BCUT2D eigenvalue weighted by molar-refractivity contribution is 0.102. The van der Waals surface area contributed by atoms with Gasteiger partial charge in [-0.25, -0.2) is 9.97 Å². The molecule has 1 N–H and O–H groups in total. The van der Waals surface area contributed by atoms with Gasteiger partial charge in [0.15, 0.2) is 0 Å². The van der Waals surface area contributed by atoms with Gasteiger partial charge in [-0.15, -0.1) is 11.3 Å². The minimum absolute atomic E-state index is 0.229. The van der Waals surface area contributed by atoms with Gasteiger partial charge < -0.3 is 14.8 Å². The maximum absolute atomic E-state index is 13.0. The molecule has 1 amide bonds. The lowest BCUT2D eigenvalue weighted by atomic mass is 10.1. The third-order valence-corrected chi connectivity index (χ3v) is 6.34. The molecule has 0 atom stereocenters.